The molecule has 1 fully saturated rings. The Balaban J connectivity index is 3.02. The maximum atomic E-state index is 13.9. The lowest BCUT2D eigenvalue weighted by atomic mass is 10.00. The van der Waals surface area contributed by atoms with Gasteiger partial charge in [0.25, 0.3) is 5.91 Å². The Hall–Kier alpha value is -1.38. The first-order valence-corrected chi connectivity index (χ1v) is 8.70. The van der Waals surface area contributed by atoms with Gasteiger partial charge in [-0.3, -0.25) is 15.0 Å². The average molecular weight is 348 g/mol. The van der Waals surface area contributed by atoms with Gasteiger partial charge in [-0.25, -0.2) is 4.39 Å². The maximum Gasteiger partial charge on any atom is 0.257 e. The zero-order chi connectivity index (χ0) is 17.8. The number of carbonyl (C=O) groups excluding carboxylic acids is 2. The summed E-state index contributed by atoms with van der Waals surface area (Å²) in [6.45, 7) is 6.37. The lowest BCUT2D eigenvalue weighted by molar-refractivity contribution is -0.141. The summed E-state index contributed by atoms with van der Waals surface area (Å²) in [7, 11) is 0. The summed E-state index contributed by atoms with van der Waals surface area (Å²) in [6.07, 6.45) is 2.66. The van der Waals surface area contributed by atoms with Gasteiger partial charge in [0, 0.05) is 11.3 Å². The van der Waals surface area contributed by atoms with Gasteiger partial charge in [0.1, 0.15) is 12.2 Å². The lowest BCUT2D eigenvalue weighted by Crippen LogP contribution is -2.61. The van der Waals surface area contributed by atoms with Crippen LogP contribution in [0.2, 0.25) is 0 Å². The summed E-state index contributed by atoms with van der Waals surface area (Å²) in [6, 6.07) is -0.908. The third-order valence-electron chi connectivity index (χ3n) is 4.02. The van der Waals surface area contributed by atoms with Crippen LogP contribution in [0.4, 0.5) is 4.39 Å². The van der Waals surface area contributed by atoms with E-state index < -0.39 is 28.5 Å². The Labute approximate surface area is 140 Å². The first-order valence-electron chi connectivity index (χ1n) is 7.48. The van der Waals surface area contributed by atoms with Crippen molar-refractivity contribution in [2.75, 3.05) is 12.8 Å². The molecule has 2 N–H and O–H groups in total. The average Bonchev–Trinajstić information content (AvgIpc) is 2.91. The van der Waals surface area contributed by atoms with E-state index in [-0.39, 0.29) is 5.91 Å². The maximum absolute atomic E-state index is 13.9. The second-order valence-electron chi connectivity index (χ2n) is 6.60. The smallest absolute Gasteiger partial charge is 0.257 e. The van der Waals surface area contributed by atoms with E-state index in [2.05, 4.69) is 16.0 Å². The Bertz CT molecular complexity index is 467. The number of likely N-dealkylation sites (tertiary alicyclic amines) is 1. The fourth-order valence-electron chi connectivity index (χ4n) is 2.34. The van der Waals surface area contributed by atoms with Gasteiger partial charge < -0.3 is 10.2 Å². The second kappa shape index (κ2) is 7.46. The van der Waals surface area contributed by atoms with Crippen LogP contribution >= 0.6 is 11.8 Å². The largest absolute Gasteiger partial charge is 0.340 e. The highest BCUT2D eigenvalue weighted by Gasteiger charge is 2.43. The van der Waals surface area contributed by atoms with E-state index >= 15 is 0 Å². The van der Waals surface area contributed by atoms with Crippen LogP contribution in [0.25, 0.3) is 0 Å². The van der Waals surface area contributed by atoms with Crippen molar-refractivity contribution >= 4 is 23.6 Å². The number of rotatable bonds is 7. The van der Waals surface area contributed by atoms with E-state index in [0.717, 1.165) is 20.3 Å². The summed E-state index contributed by atoms with van der Waals surface area (Å²) >= 11 is 1.40. The molecule has 0 bridgehead atoms. The molecule has 1 aliphatic rings. The van der Waals surface area contributed by atoms with Crippen molar-refractivity contribution in [3.05, 3.63) is 4.91 Å². The molecule has 0 aromatic rings. The third-order valence-corrected chi connectivity index (χ3v) is 5.31. The van der Waals surface area contributed by atoms with Crippen LogP contribution in [-0.4, -0.2) is 52.1 Å². The molecule has 132 valence electrons. The van der Waals surface area contributed by atoms with E-state index in [9.17, 15) is 18.9 Å². The summed E-state index contributed by atoms with van der Waals surface area (Å²) < 4.78 is 13.2. The van der Waals surface area contributed by atoms with Crippen molar-refractivity contribution in [1.82, 2.24) is 15.6 Å². The first kappa shape index (κ1) is 19.7. The second-order valence-corrected chi connectivity index (χ2v) is 8.06. The van der Waals surface area contributed by atoms with Crippen molar-refractivity contribution < 1.29 is 14.0 Å². The van der Waals surface area contributed by atoms with E-state index in [1.807, 2.05) is 20.1 Å². The number of thioether (sulfide) groups is 1. The van der Waals surface area contributed by atoms with Crippen LogP contribution in [0, 0.1) is 4.91 Å². The molecule has 7 nitrogen and oxygen atoms in total. The van der Waals surface area contributed by atoms with E-state index in [1.165, 1.54) is 16.7 Å². The molecule has 9 heteroatoms. The van der Waals surface area contributed by atoms with Gasteiger partial charge in [0.15, 0.2) is 5.67 Å². The number of nitrogens with one attached hydrogen (secondary N) is 2. The van der Waals surface area contributed by atoms with Crippen LogP contribution in [0.15, 0.2) is 5.29 Å². The van der Waals surface area contributed by atoms with Crippen molar-refractivity contribution in [3.8, 4) is 0 Å². The Morgan fingerprint density at radius 1 is 1.35 bits per heavy atom. The summed E-state index contributed by atoms with van der Waals surface area (Å²) in [4.78, 5) is 36.8. The molecule has 0 saturated carbocycles. The molecule has 1 aliphatic heterocycles. The molecule has 0 aromatic carbocycles. The number of nitroso groups, excluding NO2 is 1. The topological polar surface area (TPSA) is 90.9 Å². The molecule has 1 rings (SSSR count). The number of halogens is 1. The monoisotopic (exact) mass is 348 g/mol. The quantitative estimate of drug-likeness (QED) is 0.538. The molecule has 2 atom stereocenters. The highest BCUT2D eigenvalue weighted by Crippen LogP contribution is 2.29. The number of nitrogens with zero attached hydrogens (tertiary/aromatic N) is 2. The fraction of sp³-hybridized carbons (Fsp3) is 0.857. The summed E-state index contributed by atoms with van der Waals surface area (Å²) in [5.74, 6) is -1.18. The number of amides is 2. The van der Waals surface area contributed by atoms with Crippen molar-refractivity contribution in [2.45, 2.75) is 63.2 Å². The minimum absolute atomic E-state index is 0.347. The van der Waals surface area contributed by atoms with Crippen LogP contribution < -0.4 is 10.7 Å². The van der Waals surface area contributed by atoms with Crippen LogP contribution in [-0.2, 0) is 9.59 Å². The molecular weight excluding hydrogens is 323 g/mol. The Kier molecular flexibility index (Phi) is 6.38. The van der Waals surface area contributed by atoms with Crippen molar-refractivity contribution in [2.24, 2.45) is 5.29 Å². The molecule has 0 radical (unpaired) electrons. The Morgan fingerprint density at radius 2 is 1.96 bits per heavy atom. The minimum atomic E-state index is -2.08. The number of hydrogen-bond donors (Lipinski definition) is 2. The van der Waals surface area contributed by atoms with E-state index in [4.69, 9.17) is 0 Å². The minimum Gasteiger partial charge on any atom is -0.340 e. The predicted molar refractivity (Wildman–Crippen MR) is 88.4 cm³/mol. The number of hydrogen-bond acceptors (Lipinski definition) is 5. The highest BCUT2D eigenvalue weighted by molar-refractivity contribution is 8.00. The van der Waals surface area contributed by atoms with Gasteiger partial charge in [-0.2, -0.15) is 11.8 Å². The fourth-order valence-corrected chi connectivity index (χ4v) is 2.74. The van der Waals surface area contributed by atoms with Gasteiger partial charge in [-0.05, 0) is 46.8 Å². The zero-order valence-corrected chi connectivity index (χ0v) is 15.0. The standard InChI is InChI=1S/C14H25FN4O3S/c1-13(2,15)12(21)16-10(14(3,4)23-5)11(20)19-8-6-7-9(19)17-18-22/h9-10H,6-8H2,1-5H3,(H,16,21)(H,17,22)/t9-,10?/m0/s1. The van der Waals surface area contributed by atoms with Gasteiger partial charge in [0.2, 0.25) is 5.91 Å². The van der Waals surface area contributed by atoms with Crippen LogP contribution in [0.1, 0.15) is 40.5 Å². The van der Waals surface area contributed by atoms with Crippen LogP contribution in [0.5, 0.6) is 0 Å². The SMILES string of the molecule is CSC(C)(C)C(NC(=O)C(C)(C)F)C(=O)N1CCC[C@H]1NN=O. The summed E-state index contributed by atoms with van der Waals surface area (Å²) in [5, 5.41) is 5.17. The van der Waals surface area contributed by atoms with Gasteiger partial charge >= 0.3 is 0 Å². The third kappa shape index (κ3) is 4.79. The van der Waals surface area contributed by atoms with Gasteiger partial charge in [-0.1, -0.05) is 0 Å². The molecule has 0 spiro atoms. The number of carbonyl (C=O) groups is 2. The zero-order valence-electron chi connectivity index (χ0n) is 14.2. The molecule has 0 aromatic heterocycles. The molecule has 2 amide bonds. The molecule has 1 unspecified atom stereocenters. The van der Waals surface area contributed by atoms with Gasteiger partial charge in [-0.15, -0.1) is 4.91 Å². The number of alkyl halides is 1. The van der Waals surface area contributed by atoms with Crippen LogP contribution in [0.3, 0.4) is 0 Å². The molecule has 1 heterocycles. The van der Waals surface area contributed by atoms with Gasteiger partial charge in [0.05, 0.1) is 5.29 Å². The van der Waals surface area contributed by atoms with Crippen molar-refractivity contribution in [3.63, 3.8) is 0 Å². The normalized spacial score (nSPS) is 20.1. The van der Waals surface area contributed by atoms with Crippen molar-refractivity contribution in [1.29, 1.82) is 0 Å². The van der Waals surface area contributed by atoms with E-state index in [1.54, 1.807) is 0 Å². The lowest BCUT2D eigenvalue weighted by Gasteiger charge is -2.37. The van der Waals surface area contributed by atoms with E-state index in [0.29, 0.717) is 13.0 Å². The highest BCUT2D eigenvalue weighted by atomic mass is 32.2. The molecule has 0 aliphatic carbocycles. The molecular formula is C14H25FN4O3S. The molecule has 23 heavy (non-hydrogen) atoms. The summed E-state index contributed by atoms with van der Waals surface area (Å²) in [5.41, 5.74) is 0.281. The Morgan fingerprint density at radius 3 is 2.43 bits per heavy atom. The predicted octanol–water partition coefficient (Wildman–Crippen LogP) is 1.58. The first-order chi connectivity index (χ1) is 10.5. The molecule has 1 saturated heterocycles.